The lowest BCUT2D eigenvalue weighted by Crippen LogP contribution is -2.22. The van der Waals surface area contributed by atoms with Crippen molar-refractivity contribution in [1.82, 2.24) is 0 Å². The summed E-state index contributed by atoms with van der Waals surface area (Å²) in [4.78, 5) is 14.5. The molecule has 1 amide bonds. The molecule has 1 aliphatic heterocycles. The predicted molar refractivity (Wildman–Crippen MR) is 41.4 cm³/mol. The summed E-state index contributed by atoms with van der Waals surface area (Å²) in [5.41, 5.74) is 0. The summed E-state index contributed by atoms with van der Waals surface area (Å²) in [7, 11) is 0. The standard InChI is InChI=1S/C8H3ClFNO/c9-7-5-3-4(10)1-2-6(5)11-8(7)12/h1-3H. The first kappa shape index (κ1) is 7.43. The van der Waals surface area contributed by atoms with Crippen molar-refractivity contribution in [2.24, 2.45) is 4.99 Å². The zero-order valence-corrected chi connectivity index (χ0v) is 6.60. The van der Waals surface area contributed by atoms with Crippen LogP contribution in [0.3, 0.4) is 0 Å². The molecule has 0 saturated heterocycles. The molecular formula is C8H3ClFNO. The van der Waals surface area contributed by atoms with Crippen molar-refractivity contribution in [3.05, 3.63) is 34.6 Å². The summed E-state index contributed by atoms with van der Waals surface area (Å²) in [6, 6.07) is 3.87. The van der Waals surface area contributed by atoms with Gasteiger partial charge in [-0.2, -0.15) is 0 Å². The van der Waals surface area contributed by atoms with E-state index in [1.807, 2.05) is 0 Å². The second kappa shape index (κ2) is 2.38. The number of hydrogen-bond acceptors (Lipinski definition) is 1. The Morgan fingerprint density at radius 2 is 2.17 bits per heavy atom. The lowest BCUT2D eigenvalue weighted by Gasteiger charge is -1.84. The van der Waals surface area contributed by atoms with Crippen LogP contribution >= 0.6 is 11.6 Å². The fraction of sp³-hybridized carbons (Fsp3) is 0. The zero-order chi connectivity index (χ0) is 8.72. The first-order valence-electron chi connectivity index (χ1n) is 3.27. The summed E-state index contributed by atoms with van der Waals surface area (Å²) in [6.07, 6.45) is 0. The molecule has 4 heteroatoms. The number of benzene rings is 1. The van der Waals surface area contributed by atoms with Gasteiger partial charge < -0.3 is 0 Å². The highest BCUT2D eigenvalue weighted by Crippen LogP contribution is 2.05. The van der Waals surface area contributed by atoms with Gasteiger partial charge in [0.15, 0.2) is 0 Å². The molecule has 60 valence electrons. The third-order valence-electron chi connectivity index (χ3n) is 1.60. The molecule has 0 unspecified atom stereocenters. The van der Waals surface area contributed by atoms with Gasteiger partial charge in [-0.05, 0) is 18.2 Å². The molecule has 1 heterocycles. The minimum Gasteiger partial charge on any atom is -0.266 e. The fourth-order valence-electron chi connectivity index (χ4n) is 1.06. The van der Waals surface area contributed by atoms with E-state index in [-0.39, 0.29) is 5.03 Å². The van der Waals surface area contributed by atoms with E-state index in [4.69, 9.17) is 11.6 Å². The Morgan fingerprint density at radius 3 is 2.92 bits per heavy atom. The molecule has 0 fully saturated rings. The number of nitrogens with zero attached hydrogens (tertiary/aromatic N) is 1. The topological polar surface area (TPSA) is 29.4 Å². The first-order chi connectivity index (χ1) is 5.68. The van der Waals surface area contributed by atoms with Crippen LogP contribution in [0.5, 0.6) is 0 Å². The van der Waals surface area contributed by atoms with Crippen LogP contribution in [0.1, 0.15) is 0 Å². The van der Waals surface area contributed by atoms with Crippen molar-refractivity contribution >= 4 is 22.5 Å². The van der Waals surface area contributed by atoms with Crippen LogP contribution in [0.25, 0.3) is 5.03 Å². The van der Waals surface area contributed by atoms with Crippen LogP contribution in [-0.2, 0) is 4.79 Å². The molecule has 0 saturated carbocycles. The number of rotatable bonds is 0. The van der Waals surface area contributed by atoms with Gasteiger partial charge in [0.2, 0.25) is 0 Å². The van der Waals surface area contributed by atoms with Gasteiger partial charge in [-0.15, -0.1) is 0 Å². The van der Waals surface area contributed by atoms with Crippen LogP contribution in [0.4, 0.5) is 4.39 Å². The van der Waals surface area contributed by atoms with Crippen LogP contribution in [0.15, 0.2) is 23.2 Å². The van der Waals surface area contributed by atoms with Gasteiger partial charge >= 0.3 is 0 Å². The highest BCUT2D eigenvalue weighted by atomic mass is 35.5. The second-order valence-electron chi connectivity index (χ2n) is 2.39. The zero-order valence-electron chi connectivity index (χ0n) is 5.84. The van der Waals surface area contributed by atoms with Gasteiger partial charge in [0.05, 0.1) is 5.36 Å². The second-order valence-corrected chi connectivity index (χ2v) is 2.77. The molecule has 0 radical (unpaired) electrons. The van der Waals surface area contributed by atoms with Crippen LogP contribution in [0.2, 0.25) is 0 Å². The molecule has 12 heavy (non-hydrogen) atoms. The molecule has 0 aromatic heterocycles. The van der Waals surface area contributed by atoms with E-state index in [1.54, 1.807) is 0 Å². The van der Waals surface area contributed by atoms with Gasteiger partial charge in [-0.25, -0.2) is 9.38 Å². The van der Waals surface area contributed by atoms with Crippen molar-refractivity contribution in [2.45, 2.75) is 0 Å². The van der Waals surface area contributed by atoms with E-state index in [9.17, 15) is 9.18 Å². The molecule has 1 aromatic carbocycles. The summed E-state index contributed by atoms with van der Waals surface area (Å²) in [5.74, 6) is -0.922. The Hall–Kier alpha value is -1.22. The van der Waals surface area contributed by atoms with Crippen molar-refractivity contribution in [1.29, 1.82) is 0 Å². The van der Waals surface area contributed by atoms with E-state index in [0.717, 1.165) is 0 Å². The summed E-state index contributed by atoms with van der Waals surface area (Å²) in [6.45, 7) is 0. The highest BCUT2D eigenvalue weighted by Gasteiger charge is 2.13. The number of hydrogen-bond donors (Lipinski definition) is 0. The van der Waals surface area contributed by atoms with E-state index in [1.165, 1.54) is 18.2 Å². The Labute approximate surface area is 72.0 Å². The fourth-order valence-corrected chi connectivity index (χ4v) is 1.25. The van der Waals surface area contributed by atoms with Crippen LogP contribution in [0, 0.1) is 5.82 Å². The molecule has 0 N–H and O–H groups in total. The molecule has 0 aliphatic carbocycles. The Bertz CT molecular complexity index is 480. The normalized spacial score (nSPS) is 14.5. The third-order valence-corrected chi connectivity index (χ3v) is 1.97. The van der Waals surface area contributed by atoms with E-state index >= 15 is 0 Å². The maximum Gasteiger partial charge on any atom is 0.289 e. The summed E-state index contributed by atoms with van der Waals surface area (Å²) in [5, 5.41) is 0.803. The van der Waals surface area contributed by atoms with Gasteiger partial charge in [0.25, 0.3) is 5.91 Å². The molecule has 1 aromatic rings. The summed E-state index contributed by atoms with van der Waals surface area (Å²) < 4.78 is 12.6. The van der Waals surface area contributed by atoms with E-state index in [2.05, 4.69) is 4.99 Å². The number of carbonyl (C=O) groups is 1. The molecule has 1 aliphatic rings. The van der Waals surface area contributed by atoms with E-state index in [0.29, 0.717) is 10.6 Å². The maximum atomic E-state index is 12.6. The molecule has 0 bridgehead atoms. The van der Waals surface area contributed by atoms with Crippen molar-refractivity contribution < 1.29 is 9.18 Å². The van der Waals surface area contributed by atoms with E-state index < -0.39 is 11.7 Å². The first-order valence-corrected chi connectivity index (χ1v) is 3.65. The van der Waals surface area contributed by atoms with Crippen LogP contribution in [-0.4, -0.2) is 5.91 Å². The monoisotopic (exact) mass is 183 g/mol. The van der Waals surface area contributed by atoms with Gasteiger partial charge in [0.1, 0.15) is 10.8 Å². The predicted octanol–water partition coefficient (Wildman–Crippen LogP) is 0.333. The number of halogens is 2. The number of carbonyl (C=O) groups excluding carboxylic acids is 1. The van der Waals surface area contributed by atoms with Crippen LogP contribution < -0.4 is 10.6 Å². The molecule has 2 nitrogen and oxygen atoms in total. The molecule has 0 spiro atoms. The largest absolute Gasteiger partial charge is 0.289 e. The lowest BCUT2D eigenvalue weighted by molar-refractivity contribution is -0.112. The number of fused-ring (bicyclic) bond motifs is 1. The van der Waals surface area contributed by atoms with Gasteiger partial charge in [0, 0.05) is 5.22 Å². The quantitative estimate of drug-likeness (QED) is 0.570. The minimum atomic E-state index is -0.503. The minimum absolute atomic E-state index is 0.00972. The van der Waals surface area contributed by atoms with Crippen molar-refractivity contribution in [2.75, 3.05) is 0 Å². The lowest BCUT2D eigenvalue weighted by atomic mass is 10.3. The van der Waals surface area contributed by atoms with Crippen molar-refractivity contribution in [3.63, 3.8) is 0 Å². The highest BCUT2D eigenvalue weighted by molar-refractivity contribution is 6.61. The average Bonchev–Trinajstić information content (AvgIpc) is 2.31. The Morgan fingerprint density at radius 1 is 1.42 bits per heavy atom. The van der Waals surface area contributed by atoms with Gasteiger partial charge in [-0.1, -0.05) is 11.6 Å². The average molecular weight is 184 g/mol. The molecular weight excluding hydrogens is 181 g/mol. The SMILES string of the molecule is O=C1N=c2ccc(F)cc2=C1Cl. The van der Waals surface area contributed by atoms with Gasteiger partial charge in [-0.3, -0.25) is 4.79 Å². The van der Waals surface area contributed by atoms with Crippen molar-refractivity contribution in [3.8, 4) is 0 Å². The third kappa shape index (κ3) is 0.940. The molecule has 2 rings (SSSR count). The Balaban J connectivity index is 2.95. The number of amides is 1. The Kier molecular flexibility index (Phi) is 1.48. The maximum absolute atomic E-state index is 12.6. The molecule has 0 atom stereocenters. The summed E-state index contributed by atoms with van der Waals surface area (Å²) >= 11 is 5.57. The smallest absolute Gasteiger partial charge is 0.266 e.